The molecule has 2 aromatic carbocycles. The molecule has 23 heavy (non-hydrogen) atoms. The molecule has 0 radical (unpaired) electrons. The van der Waals surface area contributed by atoms with Crippen LogP contribution in [0, 0.1) is 0 Å². The highest BCUT2D eigenvalue weighted by molar-refractivity contribution is 7.91. The van der Waals surface area contributed by atoms with Gasteiger partial charge in [-0.15, -0.1) is 11.6 Å². The number of rotatable bonds is 8. The zero-order chi connectivity index (χ0) is 16.7. The van der Waals surface area contributed by atoms with E-state index in [1.807, 2.05) is 6.07 Å². The van der Waals surface area contributed by atoms with Gasteiger partial charge in [0.05, 0.1) is 22.6 Å². The number of halogens is 1. The summed E-state index contributed by atoms with van der Waals surface area (Å²) in [6.45, 7) is 0.162. The molecule has 0 amide bonds. The van der Waals surface area contributed by atoms with E-state index in [1.54, 1.807) is 42.5 Å². The van der Waals surface area contributed by atoms with Crippen molar-refractivity contribution in [2.45, 2.75) is 11.0 Å². The Morgan fingerprint density at radius 2 is 1.74 bits per heavy atom. The second-order valence-electron chi connectivity index (χ2n) is 4.88. The van der Waals surface area contributed by atoms with E-state index in [0.29, 0.717) is 11.4 Å². The number of ether oxygens (including phenoxy) is 1. The molecule has 0 saturated heterocycles. The van der Waals surface area contributed by atoms with Gasteiger partial charge in [-0.05, 0) is 24.3 Å². The molecule has 0 bridgehead atoms. The number of sulfone groups is 1. The first kappa shape index (κ1) is 17.6. The highest BCUT2D eigenvalue weighted by Gasteiger charge is 2.19. The van der Waals surface area contributed by atoms with Gasteiger partial charge in [-0.2, -0.15) is 0 Å². The molecule has 1 unspecified atom stereocenters. The summed E-state index contributed by atoms with van der Waals surface area (Å²) in [5, 5.41) is 12.4. The number of aliphatic hydroxyl groups excluding tert-OH is 1. The molecule has 2 aromatic rings. The molecule has 0 aliphatic heterocycles. The lowest BCUT2D eigenvalue weighted by Crippen LogP contribution is -2.22. The van der Waals surface area contributed by atoms with Crippen LogP contribution in [0.25, 0.3) is 0 Å². The predicted octanol–water partition coefficient (Wildman–Crippen LogP) is 2.51. The molecule has 5 nitrogen and oxygen atoms in total. The van der Waals surface area contributed by atoms with Gasteiger partial charge in [0, 0.05) is 6.54 Å². The zero-order valence-corrected chi connectivity index (χ0v) is 13.9. The summed E-state index contributed by atoms with van der Waals surface area (Å²) < 4.78 is 30.3. The second-order valence-corrected chi connectivity index (χ2v) is 7.09. The summed E-state index contributed by atoms with van der Waals surface area (Å²) in [4.78, 5) is 0.123. The Labute approximate surface area is 140 Å². The molecule has 0 heterocycles. The Morgan fingerprint density at radius 1 is 1.09 bits per heavy atom. The fraction of sp³-hybridized carbons (Fsp3) is 0.250. The first-order chi connectivity index (χ1) is 11.0. The van der Waals surface area contributed by atoms with E-state index in [2.05, 4.69) is 5.32 Å². The van der Waals surface area contributed by atoms with E-state index in [9.17, 15) is 13.5 Å². The molecule has 0 fully saturated rings. The third kappa shape index (κ3) is 5.13. The van der Waals surface area contributed by atoms with E-state index >= 15 is 0 Å². The fourth-order valence-electron chi connectivity index (χ4n) is 1.89. The van der Waals surface area contributed by atoms with Crippen molar-refractivity contribution in [1.29, 1.82) is 0 Å². The Hall–Kier alpha value is -1.76. The predicted molar refractivity (Wildman–Crippen MR) is 90.8 cm³/mol. The van der Waals surface area contributed by atoms with Gasteiger partial charge in [0.25, 0.3) is 0 Å². The molecule has 0 aliphatic carbocycles. The van der Waals surface area contributed by atoms with Crippen molar-refractivity contribution in [3.05, 3.63) is 54.6 Å². The monoisotopic (exact) mass is 355 g/mol. The van der Waals surface area contributed by atoms with E-state index in [1.165, 1.54) is 6.07 Å². The maximum absolute atomic E-state index is 12.5. The van der Waals surface area contributed by atoms with Crippen molar-refractivity contribution in [2.24, 2.45) is 0 Å². The third-order valence-electron chi connectivity index (χ3n) is 3.05. The van der Waals surface area contributed by atoms with Gasteiger partial charge in [-0.1, -0.05) is 30.3 Å². The SMILES string of the molecule is O=S(=O)(COc1ccccc1)c1ccccc1NCC(O)CCl. The third-order valence-corrected chi connectivity index (χ3v) is 4.86. The fourth-order valence-corrected chi connectivity index (χ4v) is 3.18. The van der Waals surface area contributed by atoms with Gasteiger partial charge in [0.15, 0.2) is 5.94 Å². The maximum atomic E-state index is 12.5. The molecule has 2 N–H and O–H groups in total. The van der Waals surface area contributed by atoms with Gasteiger partial charge < -0.3 is 15.2 Å². The van der Waals surface area contributed by atoms with E-state index in [0.717, 1.165) is 0 Å². The molecule has 0 aliphatic rings. The maximum Gasteiger partial charge on any atom is 0.215 e. The first-order valence-corrected chi connectivity index (χ1v) is 9.19. The van der Waals surface area contributed by atoms with Crippen LogP contribution in [0.5, 0.6) is 5.75 Å². The average Bonchev–Trinajstić information content (AvgIpc) is 2.59. The number of anilines is 1. The van der Waals surface area contributed by atoms with Crippen molar-refractivity contribution in [2.75, 3.05) is 23.7 Å². The molecule has 0 spiro atoms. The van der Waals surface area contributed by atoms with Gasteiger partial charge in [0.2, 0.25) is 9.84 Å². The second kappa shape index (κ2) is 8.19. The lowest BCUT2D eigenvalue weighted by molar-refractivity contribution is 0.211. The van der Waals surface area contributed by atoms with Crippen LogP contribution in [-0.2, 0) is 9.84 Å². The highest BCUT2D eigenvalue weighted by atomic mass is 35.5. The van der Waals surface area contributed by atoms with Crippen LogP contribution in [0.2, 0.25) is 0 Å². The Kier molecular flexibility index (Phi) is 6.27. The number of para-hydroxylation sites is 2. The number of hydrogen-bond acceptors (Lipinski definition) is 5. The smallest absolute Gasteiger partial charge is 0.215 e. The molecule has 2 rings (SSSR count). The van der Waals surface area contributed by atoms with Crippen LogP contribution in [0.4, 0.5) is 5.69 Å². The molecule has 0 aromatic heterocycles. The molecular formula is C16H18ClNO4S. The van der Waals surface area contributed by atoms with E-state index in [-0.39, 0.29) is 17.3 Å². The lowest BCUT2D eigenvalue weighted by Gasteiger charge is -2.14. The average molecular weight is 356 g/mol. The number of benzene rings is 2. The lowest BCUT2D eigenvalue weighted by atomic mass is 10.3. The van der Waals surface area contributed by atoms with Crippen LogP contribution in [0.3, 0.4) is 0 Å². The quantitative estimate of drug-likeness (QED) is 0.711. The van der Waals surface area contributed by atoms with Crippen molar-refractivity contribution in [3.63, 3.8) is 0 Å². The van der Waals surface area contributed by atoms with Gasteiger partial charge in [0.1, 0.15) is 5.75 Å². The molecule has 124 valence electrons. The van der Waals surface area contributed by atoms with Crippen molar-refractivity contribution in [3.8, 4) is 5.75 Å². The largest absolute Gasteiger partial charge is 0.477 e. The molecular weight excluding hydrogens is 338 g/mol. The summed E-state index contributed by atoms with van der Waals surface area (Å²) in [6.07, 6.45) is -0.756. The number of nitrogens with one attached hydrogen (secondary N) is 1. The van der Waals surface area contributed by atoms with Gasteiger partial charge in [-0.3, -0.25) is 0 Å². The number of alkyl halides is 1. The van der Waals surface area contributed by atoms with E-state index in [4.69, 9.17) is 16.3 Å². The molecule has 1 atom stereocenters. The van der Waals surface area contributed by atoms with Crippen molar-refractivity contribution < 1.29 is 18.3 Å². The van der Waals surface area contributed by atoms with Gasteiger partial charge >= 0.3 is 0 Å². The van der Waals surface area contributed by atoms with Crippen molar-refractivity contribution in [1.82, 2.24) is 0 Å². The molecule has 0 saturated carbocycles. The van der Waals surface area contributed by atoms with Crippen LogP contribution in [0.15, 0.2) is 59.5 Å². The Morgan fingerprint density at radius 3 is 2.43 bits per heavy atom. The number of aliphatic hydroxyl groups is 1. The minimum Gasteiger partial charge on any atom is -0.477 e. The zero-order valence-electron chi connectivity index (χ0n) is 12.4. The highest BCUT2D eigenvalue weighted by Crippen LogP contribution is 2.23. The first-order valence-electron chi connectivity index (χ1n) is 7.00. The number of hydrogen-bond donors (Lipinski definition) is 2. The Balaban J connectivity index is 2.12. The summed E-state index contributed by atoms with van der Waals surface area (Å²) in [6, 6.07) is 15.2. The summed E-state index contributed by atoms with van der Waals surface area (Å²) >= 11 is 5.54. The standard InChI is InChI=1S/C16H18ClNO4S/c17-10-13(19)11-18-15-8-4-5-9-16(15)23(20,21)12-22-14-6-2-1-3-7-14/h1-9,13,18-19H,10-12H2. The van der Waals surface area contributed by atoms with Crippen LogP contribution in [0.1, 0.15) is 0 Å². The van der Waals surface area contributed by atoms with E-state index < -0.39 is 21.9 Å². The normalized spacial score (nSPS) is 12.6. The summed E-state index contributed by atoms with van der Waals surface area (Å²) in [7, 11) is -3.64. The Bertz CT molecular complexity index is 722. The molecule has 7 heteroatoms. The van der Waals surface area contributed by atoms with Gasteiger partial charge in [-0.25, -0.2) is 8.42 Å². The summed E-state index contributed by atoms with van der Waals surface area (Å²) in [5.74, 6) is 0.0892. The topological polar surface area (TPSA) is 75.6 Å². The van der Waals surface area contributed by atoms with Crippen LogP contribution >= 0.6 is 11.6 Å². The summed E-state index contributed by atoms with van der Waals surface area (Å²) in [5.41, 5.74) is 0.410. The van der Waals surface area contributed by atoms with Crippen molar-refractivity contribution >= 4 is 27.1 Å². The van der Waals surface area contributed by atoms with Crippen LogP contribution < -0.4 is 10.1 Å². The minimum atomic E-state index is -3.64. The minimum absolute atomic E-state index is 0.0685. The van der Waals surface area contributed by atoms with Crippen LogP contribution in [-0.4, -0.2) is 38.0 Å².